The molecular weight excluding hydrogens is 320 g/mol. The molecule has 0 aromatic heterocycles. The van der Waals surface area contributed by atoms with Gasteiger partial charge < -0.3 is 15.5 Å². The van der Waals surface area contributed by atoms with Crippen molar-refractivity contribution in [3.8, 4) is 0 Å². The van der Waals surface area contributed by atoms with Gasteiger partial charge in [0.05, 0.1) is 13.1 Å². The molecule has 2 rings (SSSR count). The van der Waals surface area contributed by atoms with Gasteiger partial charge in [-0.2, -0.15) is 0 Å². The minimum absolute atomic E-state index is 0.00605. The second-order valence-electron chi connectivity index (χ2n) is 6.78. The van der Waals surface area contributed by atoms with Crippen LogP contribution in [-0.4, -0.2) is 60.9 Å². The first-order chi connectivity index (χ1) is 11.8. The van der Waals surface area contributed by atoms with Gasteiger partial charge in [-0.1, -0.05) is 32.0 Å². The Hall–Kier alpha value is -2.41. The molecule has 0 spiro atoms. The molecule has 1 unspecified atom stereocenters. The summed E-state index contributed by atoms with van der Waals surface area (Å²) in [6, 6.07) is 6.84. The molecule has 0 saturated carbocycles. The third kappa shape index (κ3) is 4.57. The number of hydrogen-bond acceptors (Lipinski definition) is 4. The van der Waals surface area contributed by atoms with Crippen LogP contribution in [0.1, 0.15) is 29.8 Å². The first kappa shape index (κ1) is 18.9. The van der Waals surface area contributed by atoms with Gasteiger partial charge in [-0.3, -0.25) is 14.5 Å². The standard InChI is InChI=1S/C18H26N4O3/c1-12(2)15(21(3)4)9-19-17(24)14-8-6-5-7-13(14)11-22-16(23)10-20-18(22)25/h5-8,12,15H,9-11H2,1-4H3,(H,19,24)(H,20,25). The Labute approximate surface area is 148 Å². The first-order valence-corrected chi connectivity index (χ1v) is 8.42. The van der Waals surface area contributed by atoms with E-state index < -0.39 is 6.03 Å². The second-order valence-corrected chi connectivity index (χ2v) is 6.78. The molecule has 4 amide bonds. The van der Waals surface area contributed by atoms with E-state index in [2.05, 4.69) is 29.4 Å². The van der Waals surface area contributed by atoms with Gasteiger partial charge in [-0.05, 0) is 31.6 Å². The lowest BCUT2D eigenvalue weighted by molar-refractivity contribution is -0.125. The largest absolute Gasteiger partial charge is 0.350 e. The quantitative estimate of drug-likeness (QED) is 0.723. The predicted molar refractivity (Wildman–Crippen MR) is 95.0 cm³/mol. The van der Waals surface area contributed by atoms with Crippen LogP contribution in [0.5, 0.6) is 0 Å². The molecule has 0 radical (unpaired) electrons. The molecular formula is C18H26N4O3. The van der Waals surface area contributed by atoms with Crippen LogP contribution >= 0.6 is 0 Å². The number of rotatable bonds is 7. The van der Waals surface area contributed by atoms with Crippen molar-refractivity contribution in [3.63, 3.8) is 0 Å². The average molecular weight is 346 g/mol. The fourth-order valence-electron chi connectivity index (χ4n) is 2.97. The first-order valence-electron chi connectivity index (χ1n) is 8.42. The number of nitrogens with one attached hydrogen (secondary N) is 2. The Morgan fingerprint density at radius 2 is 1.96 bits per heavy atom. The van der Waals surface area contributed by atoms with Gasteiger partial charge in [0.15, 0.2) is 0 Å². The molecule has 25 heavy (non-hydrogen) atoms. The molecule has 1 atom stereocenters. The minimum atomic E-state index is -0.423. The molecule has 1 aliphatic heterocycles. The van der Waals surface area contributed by atoms with E-state index in [1.54, 1.807) is 24.3 Å². The lowest BCUT2D eigenvalue weighted by atomic mass is 10.0. The van der Waals surface area contributed by atoms with Gasteiger partial charge in [-0.25, -0.2) is 4.79 Å². The van der Waals surface area contributed by atoms with Crippen molar-refractivity contribution in [2.45, 2.75) is 26.4 Å². The van der Waals surface area contributed by atoms with Crippen LogP contribution in [0.15, 0.2) is 24.3 Å². The monoisotopic (exact) mass is 346 g/mol. The third-order valence-electron chi connectivity index (χ3n) is 4.43. The summed E-state index contributed by atoms with van der Waals surface area (Å²) in [6.45, 7) is 4.85. The summed E-state index contributed by atoms with van der Waals surface area (Å²) in [5.41, 5.74) is 1.13. The maximum absolute atomic E-state index is 12.6. The molecule has 1 heterocycles. The Kier molecular flexibility index (Phi) is 6.14. The number of carbonyl (C=O) groups excluding carboxylic acids is 3. The Morgan fingerprint density at radius 3 is 2.52 bits per heavy atom. The van der Waals surface area contributed by atoms with Crippen LogP contribution in [-0.2, 0) is 11.3 Å². The predicted octanol–water partition coefficient (Wildman–Crippen LogP) is 1.05. The second kappa shape index (κ2) is 8.11. The zero-order valence-corrected chi connectivity index (χ0v) is 15.2. The van der Waals surface area contributed by atoms with Crippen molar-refractivity contribution in [2.75, 3.05) is 27.2 Å². The topological polar surface area (TPSA) is 81.8 Å². The highest BCUT2D eigenvalue weighted by molar-refractivity contribution is 6.02. The minimum Gasteiger partial charge on any atom is -0.350 e. The molecule has 0 aliphatic carbocycles. The number of nitrogens with zero attached hydrogens (tertiary/aromatic N) is 2. The van der Waals surface area contributed by atoms with E-state index in [0.29, 0.717) is 23.6 Å². The molecule has 1 aromatic carbocycles. The molecule has 7 nitrogen and oxygen atoms in total. The van der Waals surface area contributed by atoms with Crippen molar-refractivity contribution in [1.82, 2.24) is 20.4 Å². The van der Waals surface area contributed by atoms with Crippen LogP contribution < -0.4 is 10.6 Å². The summed E-state index contributed by atoms with van der Waals surface area (Å²) in [4.78, 5) is 39.3. The van der Waals surface area contributed by atoms with E-state index in [1.165, 1.54) is 0 Å². The van der Waals surface area contributed by atoms with Crippen LogP contribution in [0, 0.1) is 5.92 Å². The highest BCUT2D eigenvalue weighted by Crippen LogP contribution is 2.14. The molecule has 1 fully saturated rings. The van der Waals surface area contributed by atoms with Crippen LogP contribution in [0.25, 0.3) is 0 Å². The van der Waals surface area contributed by atoms with Gasteiger partial charge in [0, 0.05) is 18.2 Å². The summed E-state index contributed by atoms with van der Waals surface area (Å²) in [6.07, 6.45) is 0. The number of urea groups is 1. The van der Waals surface area contributed by atoms with Gasteiger partial charge >= 0.3 is 6.03 Å². The number of carbonyl (C=O) groups is 3. The average Bonchev–Trinajstić information content (AvgIpc) is 2.86. The van der Waals surface area contributed by atoms with Gasteiger partial charge in [0.2, 0.25) is 5.91 Å². The van der Waals surface area contributed by atoms with Crippen LogP contribution in [0.2, 0.25) is 0 Å². The number of likely N-dealkylation sites (N-methyl/N-ethyl adjacent to an activating group) is 1. The maximum Gasteiger partial charge on any atom is 0.324 e. The normalized spacial score (nSPS) is 15.7. The van der Waals surface area contributed by atoms with Crippen molar-refractivity contribution in [1.29, 1.82) is 0 Å². The van der Waals surface area contributed by atoms with E-state index in [9.17, 15) is 14.4 Å². The van der Waals surface area contributed by atoms with E-state index in [-0.39, 0.29) is 30.9 Å². The van der Waals surface area contributed by atoms with E-state index in [1.807, 2.05) is 14.1 Å². The highest BCUT2D eigenvalue weighted by atomic mass is 16.2. The van der Waals surface area contributed by atoms with Gasteiger partial charge in [-0.15, -0.1) is 0 Å². The molecule has 7 heteroatoms. The van der Waals surface area contributed by atoms with Crippen molar-refractivity contribution < 1.29 is 14.4 Å². The van der Waals surface area contributed by atoms with Crippen LogP contribution in [0.3, 0.4) is 0 Å². The SMILES string of the molecule is CC(C)C(CNC(=O)c1ccccc1CN1C(=O)CNC1=O)N(C)C. The number of imide groups is 1. The summed E-state index contributed by atoms with van der Waals surface area (Å²) < 4.78 is 0. The zero-order chi connectivity index (χ0) is 18.6. The third-order valence-corrected chi connectivity index (χ3v) is 4.43. The summed E-state index contributed by atoms with van der Waals surface area (Å²) in [7, 11) is 3.98. The molecule has 1 aromatic rings. The molecule has 1 aliphatic rings. The number of hydrogen-bond donors (Lipinski definition) is 2. The fraction of sp³-hybridized carbons (Fsp3) is 0.500. The summed E-state index contributed by atoms with van der Waals surface area (Å²) in [5, 5.41) is 5.45. The summed E-state index contributed by atoms with van der Waals surface area (Å²) in [5.74, 6) is -0.0840. The van der Waals surface area contributed by atoms with E-state index in [0.717, 1.165) is 4.90 Å². The maximum atomic E-state index is 12.6. The Balaban J connectivity index is 2.10. The Morgan fingerprint density at radius 1 is 1.28 bits per heavy atom. The molecule has 136 valence electrons. The van der Waals surface area contributed by atoms with E-state index >= 15 is 0 Å². The molecule has 1 saturated heterocycles. The van der Waals surface area contributed by atoms with Gasteiger partial charge in [0.25, 0.3) is 5.91 Å². The smallest absolute Gasteiger partial charge is 0.324 e. The lowest BCUT2D eigenvalue weighted by Crippen LogP contribution is -2.43. The van der Waals surface area contributed by atoms with Gasteiger partial charge in [0.1, 0.15) is 0 Å². The lowest BCUT2D eigenvalue weighted by Gasteiger charge is -2.28. The number of amides is 4. The fourth-order valence-corrected chi connectivity index (χ4v) is 2.97. The zero-order valence-electron chi connectivity index (χ0n) is 15.2. The van der Waals surface area contributed by atoms with Crippen molar-refractivity contribution in [2.24, 2.45) is 5.92 Å². The Bertz CT molecular complexity index is 633. The molecule has 2 N–H and O–H groups in total. The summed E-state index contributed by atoms with van der Waals surface area (Å²) >= 11 is 0. The van der Waals surface area contributed by atoms with E-state index in [4.69, 9.17) is 0 Å². The van der Waals surface area contributed by atoms with Crippen molar-refractivity contribution >= 4 is 17.8 Å². The van der Waals surface area contributed by atoms with Crippen molar-refractivity contribution in [3.05, 3.63) is 35.4 Å². The highest BCUT2D eigenvalue weighted by Gasteiger charge is 2.29. The number of benzene rings is 1. The van der Waals surface area contributed by atoms with Crippen LogP contribution in [0.4, 0.5) is 4.79 Å². The molecule has 0 bridgehead atoms.